The van der Waals surface area contributed by atoms with Crippen molar-refractivity contribution in [3.63, 3.8) is 0 Å². The van der Waals surface area contributed by atoms with Gasteiger partial charge >= 0.3 is 12.0 Å². The molecule has 4 amide bonds. The minimum absolute atomic E-state index is 0.0863. The number of likely N-dealkylation sites (tertiary alicyclic amines) is 1. The first-order chi connectivity index (χ1) is 12.9. The van der Waals surface area contributed by atoms with Crippen molar-refractivity contribution in [3.8, 4) is 0 Å². The van der Waals surface area contributed by atoms with Crippen LogP contribution in [0.1, 0.15) is 64.2 Å². The molecular formula is C19H27N3O5. The fraction of sp³-hybridized carbons (Fsp3) is 0.789. The predicted octanol–water partition coefficient (Wildman–Crippen LogP) is 1.49. The fourth-order valence-electron chi connectivity index (χ4n) is 5.57. The number of urea groups is 1. The van der Waals surface area contributed by atoms with Gasteiger partial charge < -0.3 is 15.3 Å². The molecule has 4 fully saturated rings. The van der Waals surface area contributed by atoms with E-state index in [2.05, 4.69) is 5.32 Å². The molecule has 8 heteroatoms. The monoisotopic (exact) mass is 377 g/mol. The van der Waals surface area contributed by atoms with Crippen LogP contribution in [0.15, 0.2) is 0 Å². The quantitative estimate of drug-likeness (QED) is 0.725. The van der Waals surface area contributed by atoms with E-state index in [1.807, 2.05) is 0 Å². The van der Waals surface area contributed by atoms with Gasteiger partial charge in [0.2, 0.25) is 5.91 Å². The van der Waals surface area contributed by atoms with Crippen molar-refractivity contribution in [1.82, 2.24) is 15.1 Å². The number of rotatable bonds is 3. The van der Waals surface area contributed by atoms with Crippen molar-refractivity contribution in [2.75, 3.05) is 6.54 Å². The molecule has 2 saturated heterocycles. The van der Waals surface area contributed by atoms with E-state index in [4.69, 9.17) is 0 Å². The number of carbonyl (C=O) groups is 4. The number of nitrogens with zero attached hydrogens (tertiary/aromatic N) is 2. The minimum Gasteiger partial charge on any atom is -0.480 e. The van der Waals surface area contributed by atoms with Crippen molar-refractivity contribution < 1.29 is 24.3 Å². The lowest BCUT2D eigenvalue weighted by molar-refractivity contribution is -0.151. The van der Waals surface area contributed by atoms with E-state index >= 15 is 0 Å². The molecule has 0 bridgehead atoms. The summed E-state index contributed by atoms with van der Waals surface area (Å²) in [7, 11) is 0. The van der Waals surface area contributed by atoms with Crippen molar-refractivity contribution in [3.05, 3.63) is 0 Å². The van der Waals surface area contributed by atoms with Gasteiger partial charge in [-0.15, -0.1) is 0 Å². The molecule has 0 aromatic carbocycles. The van der Waals surface area contributed by atoms with Crippen LogP contribution in [-0.2, 0) is 14.4 Å². The molecule has 0 aromatic heterocycles. The summed E-state index contributed by atoms with van der Waals surface area (Å²) in [5.41, 5.74) is -0.861. The van der Waals surface area contributed by atoms with Crippen LogP contribution in [0.5, 0.6) is 0 Å². The molecule has 4 aliphatic rings. The lowest BCUT2D eigenvalue weighted by Gasteiger charge is -2.34. The third-order valence-electron chi connectivity index (χ3n) is 6.91. The molecular weight excluding hydrogens is 350 g/mol. The van der Waals surface area contributed by atoms with Crippen molar-refractivity contribution >= 4 is 23.8 Å². The summed E-state index contributed by atoms with van der Waals surface area (Å²) in [4.78, 5) is 52.5. The van der Waals surface area contributed by atoms with Gasteiger partial charge in [-0.25, -0.2) is 9.59 Å². The highest BCUT2D eigenvalue weighted by molar-refractivity contribution is 6.09. The Hall–Kier alpha value is -2.12. The maximum absolute atomic E-state index is 13.0. The second kappa shape index (κ2) is 6.80. The molecule has 0 aromatic rings. The van der Waals surface area contributed by atoms with E-state index in [9.17, 15) is 24.3 Å². The molecule has 2 heterocycles. The highest BCUT2D eigenvalue weighted by Gasteiger charge is 2.53. The number of carbonyl (C=O) groups excluding carboxylic acids is 3. The predicted molar refractivity (Wildman–Crippen MR) is 94.7 cm³/mol. The summed E-state index contributed by atoms with van der Waals surface area (Å²) in [6.45, 7) is -0.362. The summed E-state index contributed by atoms with van der Waals surface area (Å²) in [5.74, 6) is -1.55. The summed E-state index contributed by atoms with van der Waals surface area (Å²) in [6.07, 6.45) is 8.25. The number of hydrogen-bond acceptors (Lipinski definition) is 4. The number of amides is 4. The van der Waals surface area contributed by atoms with E-state index in [0.717, 1.165) is 49.8 Å². The SMILES string of the molecule is O=C(O)[C@@H]1C[C@@H]2CCCC[C@H]2N1C(=O)CN1C(=O)NC2(CCCCC2)C1=O. The highest BCUT2D eigenvalue weighted by Crippen LogP contribution is 2.40. The Morgan fingerprint density at radius 2 is 1.78 bits per heavy atom. The first kappa shape index (κ1) is 18.3. The average molecular weight is 377 g/mol. The van der Waals surface area contributed by atoms with Crippen LogP contribution in [0.3, 0.4) is 0 Å². The molecule has 1 spiro atoms. The standard InChI is InChI=1S/C19H27N3O5/c23-15(22-13-7-3-2-6-12(13)10-14(22)16(24)25)11-21-17(26)19(20-18(21)27)8-4-1-5-9-19/h12-14H,1-11H2,(H,20,27)(H,24,25)/t12-,13+,14-/m0/s1. The summed E-state index contributed by atoms with van der Waals surface area (Å²) in [5, 5.41) is 12.4. The lowest BCUT2D eigenvalue weighted by Crippen LogP contribution is -2.52. The number of fused-ring (bicyclic) bond motifs is 1. The Kier molecular flexibility index (Phi) is 4.60. The number of hydrogen-bond donors (Lipinski definition) is 2. The molecule has 2 aliphatic carbocycles. The van der Waals surface area contributed by atoms with E-state index in [1.54, 1.807) is 0 Å². The molecule has 2 saturated carbocycles. The molecule has 0 radical (unpaired) electrons. The van der Waals surface area contributed by atoms with Gasteiger partial charge in [-0.05, 0) is 38.0 Å². The topological polar surface area (TPSA) is 107 Å². The second-order valence-electron chi connectivity index (χ2n) is 8.47. The van der Waals surface area contributed by atoms with Gasteiger partial charge in [0.25, 0.3) is 5.91 Å². The highest BCUT2D eigenvalue weighted by atomic mass is 16.4. The van der Waals surface area contributed by atoms with E-state index in [1.165, 1.54) is 4.90 Å². The molecule has 2 aliphatic heterocycles. The maximum Gasteiger partial charge on any atom is 0.326 e. The molecule has 8 nitrogen and oxygen atoms in total. The Labute approximate surface area is 158 Å². The maximum atomic E-state index is 13.0. The van der Waals surface area contributed by atoms with Crippen LogP contribution in [0.2, 0.25) is 0 Å². The molecule has 2 N–H and O–H groups in total. The van der Waals surface area contributed by atoms with Gasteiger partial charge in [0.15, 0.2) is 0 Å². The number of carboxylic acid groups (broad SMARTS) is 1. The fourth-order valence-corrected chi connectivity index (χ4v) is 5.57. The van der Waals surface area contributed by atoms with Crippen LogP contribution in [0, 0.1) is 5.92 Å². The van der Waals surface area contributed by atoms with Crippen molar-refractivity contribution in [2.24, 2.45) is 5.92 Å². The average Bonchev–Trinajstić information content (AvgIpc) is 3.14. The van der Waals surface area contributed by atoms with Crippen molar-refractivity contribution in [2.45, 2.75) is 81.8 Å². The number of nitrogens with one attached hydrogen (secondary N) is 1. The molecule has 27 heavy (non-hydrogen) atoms. The first-order valence-corrected chi connectivity index (χ1v) is 10.1. The van der Waals surface area contributed by atoms with Crippen LogP contribution in [0.25, 0.3) is 0 Å². The van der Waals surface area contributed by atoms with Gasteiger partial charge in [-0.2, -0.15) is 0 Å². The Morgan fingerprint density at radius 1 is 1.07 bits per heavy atom. The van der Waals surface area contributed by atoms with Crippen LogP contribution >= 0.6 is 0 Å². The minimum atomic E-state index is -1.00. The van der Waals surface area contributed by atoms with Gasteiger partial charge in [0.1, 0.15) is 18.1 Å². The molecule has 148 valence electrons. The zero-order chi connectivity index (χ0) is 19.2. The van der Waals surface area contributed by atoms with Crippen LogP contribution in [0.4, 0.5) is 4.79 Å². The van der Waals surface area contributed by atoms with Crippen LogP contribution < -0.4 is 5.32 Å². The van der Waals surface area contributed by atoms with E-state index in [-0.39, 0.29) is 24.4 Å². The largest absolute Gasteiger partial charge is 0.480 e. The normalized spacial score (nSPS) is 32.5. The first-order valence-electron chi connectivity index (χ1n) is 10.1. The number of carboxylic acids is 1. The van der Waals surface area contributed by atoms with Gasteiger partial charge in [0, 0.05) is 6.04 Å². The van der Waals surface area contributed by atoms with E-state index in [0.29, 0.717) is 19.3 Å². The lowest BCUT2D eigenvalue weighted by atomic mass is 9.82. The van der Waals surface area contributed by atoms with Crippen LogP contribution in [-0.4, -0.2) is 62.9 Å². The van der Waals surface area contributed by atoms with Crippen molar-refractivity contribution in [1.29, 1.82) is 0 Å². The summed E-state index contributed by atoms with van der Waals surface area (Å²) >= 11 is 0. The second-order valence-corrected chi connectivity index (χ2v) is 8.47. The third kappa shape index (κ3) is 2.99. The Balaban J connectivity index is 1.51. The molecule has 3 atom stereocenters. The molecule has 4 rings (SSSR count). The van der Waals surface area contributed by atoms with Gasteiger partial charge in [-0.3, -0.25) is 14.5 Å². The smallest absolute Gasteiger partial charge is 0.326 e. The summed E-state index contributed by atoms with van der Waals surface area (Å²) < 4.78 is 0. The summed E-state index contributed by atoms with van der Waals surface area (Å²) in [6, 6.07) is -1.46. The zero-order valence-corrected chi connectivity index (χ0v) is 15.5. The van der Waals surface area contributed by atoms with Gasteiger partial charge in [-0.1, -0.05) is 32.1 Å². The zero-order valence-electron chi connectivity index (χ0n) is 15.5. The number of aliphatic carboxylic acids is 1. The van der Waals surface area contributed by atoms with E-state index < -0.39 is 29.5 Å². The number of imide groups is 1. The molecule has 0 unspecified atom stereocenters. The van der Waals surface area contributed by atoms with Gasteiger partial charge in [0.05, 0.1) is 0 Å². The Bertz CT molecular complexity index is 672. The Morgan fingerprint density at radius 3 is 2.48 bits per heavy atom. The third-order valence-corrected chi connectivity index (χ3v) is 6.91.